The number of para-hydroxylation sites is 1. The number of rotatable bonds is 6. The second kappa shape index (κ2) is 16.0. The summed E-state index contributed by atoms with van der Waals surface area (Å²) in [7, 11) is 0. The SMILES string of the molecule is c1ccc(-c2nc(-c3cccc(C4Cc5ccccc5-c5ccccc54)c3)nc(-c3cncc4oc5ccc(-c6ccc7c(c6)c6ccccc6n7-c6cc7ccccc7c7ccccc67)cc5c34)n2)cc1. The minimum atomic E-state index is 0.180. The van der Waals surface area contributed by atoms with Gasteiger partial charge in [-0.15, -0.1) is 0 Å². The van der Waals surface area contributed by atoms with Gasteiger partial charge in [-0.05, 0) is 104 Å². The molecule has 0 fully saturated rings. The van der Waals surface area contributed by atoms with E-state index in [9.17, 15) is 0 Å². The summed E-state index contributed by atoms with van der Waals surface area (Å²) in [5, 5.41) is 9.20. The Morgan fingerprint density at radius 1 is 0.403 bits per heavy atom. The average molecular weight is 920 g/mol. The molecule has 1 aliphatic rings. The van der Waals surface area contributed by atoms with E-state index in [1.165, 1.54) is 71.3 Å². The Bertz CT molecular complexity index is 4510. The summed E-state index contributed by atoms with van der Waals surface area (Å²) in [6.07, 6.45) is 4.57. The van der Waals surface area contributed by atoms with Crippen LogP contribution in [0.25, 0.3) is 127 Å². The smallest absolute Gasteiger partial charge is 0.166 e. The number of benzene rings is 10. The molecule has 72 heavy (non-hydrogen) atoms. The summed E-state index contributed by atoms with van der Waals surface area (Å²) in [5.41, 5.74) is 16.2. The van der Waals surface area contributed by atoms with Crippen LogP contribution in [-0.4, -0.2) is 24.5 Å². The second-order valence-corrected chi connectivity index (χ2v) is 18.9. The normalized spacial score (nSPS) is 13.4. The van der Waals surface area contributed by atoms with Crippen LogP contribution in [0, 0.1) is 0 Å². The van der Waals surface area contributed by atoms with Crippen LogP contribution in [0.15, 0.2) is 235 Å². The van der Waals surface area contributed by atoms with Gasteiger partial charge in [0.05, 0.1) is 22.9 Å². The Labute approximate surface area is 414 Å². The van der Waals surface area contributed by atoms with Gasteiger partial charge in [0.1, 0.15) is 5.58 Å². The van der Waals surface area contributed by atoms with Gasteiger partial charge in [0.2, 0.25) is 0 Å². The first-order valence-electron chi connectivity index (χ1n) is 24.5. The van der Waals surface area contributed by atoms with E-state index in [4.69, 9.17) is 24.4 Å². The van der Waals surface area contributed by atoms with Crippen LogP contribution in [-0.2, 0) is 6.42 Å². The van der Waals surface area contributed by atoms with E-state index < -0.39 is 0 Å². The van der Waals surface area contributed by atoms with Crippen LogP contribution in [0.3, 0.4) is 0 Å². The summed E-state index contributed by atoms with van der Waals surface area (Å²) in [4.78, 5) is 20.4. The maximum absolute atomic E-state index is 6.58. The largest absolute Gasteiger partial charge is 0.454 e. The Morgan fingerprint density at radius 3 is 1.96 bits per heavy atom. The van der Waals surface area contributed by atoms with Gasteiger partial charge in [-0.25, -0.2) is 15.0 Å². The molecule has 6 heteroatoms. The molecule has 0 radical (unpaired) electrons. The van der Waals surface area contributed by atoms with Crippen molar-refractivity contribution in [3.8, 4) is 62.1 Å². The van der Waals surface area contributed by atoms with Crippen molar-refractivity contribution in [1.29, 1.82) is 0 Å². The van der Waals surface area contributed by atoms with Crippen LogP contribution >= 0.6 is 0 Å². The van der Waals surface area contributed by atoms with E-state index in [-0.39, 0.29) is 5.92 Å². The van der Waals surface area contributed by atoms with E-state index in [0.717, 1.165) is 56.1 Å². The highest BCUT2D eigenvalue weighted by Crippen LogP contribution is 2.45. The van der Waals surface area contributed by atoms with Crippen molar-refractivity contribution in [1.82, 2.24) is 24.5 Å². The third-order valence-electron chi connectivity index (χ3n) is 14.9. The van der Waals surface area contributed by atoms with Crippen molar-refractivity contribution in [2.75, 3.05) is 0 Å². The Morgan fingerprint density at radius 2 is 1.07 bits per heavy atom. The number of fused-ring (bicyclic) bond motifs is 12. The van der Waals surface area contributed by atoms with Crippen LogP contribution < -0.4 is 0 Å². The fourth-order valence-electron chi connectivity index (χ4n) is 11.6. The standard InChI is InChI=1S/C66H41N5O/c1-2-15-40(16-3-1)64-68-65(46-20-14-19-43(33-46)54-36-44-17-4-6-21-47(44)49-23-8-9-25-51(49)54)70-66(69-64)57-38-67-39-62-63(57)56-35-42(30-32-61(56)72-62)41-29-31-59-55(34-41)53-27-12-13-28-58(53)71(59)60-37-45-18-5-7-22-48(45)50-24-10-11-26-52(50)60/h1-35,37-39,54H,36H2. The van der Waals surface area contributed by atoms with Crippen LogP contribution in [0.1, 0.15) is 22.6 Å². The van der Waals surface area contributed by atoms with Crippen LogP contribution in [0.2, 0.25) is 0 Å². The van der Waals surface area contributed by atoms with Crippen molar-refractivity contribution in [3.63, 3.8) is 0 Å². The fraction of sp³-hybridized carbons (Fsp3) is 0.0303. The maximum atomic E-state index is 6.58. The highest BCUT2D eigenvalue weighted by atomic mass is 16.3. The summed E-state index contributed by atoms with van der Waals surface area (Å²) >= 11 is 0. The predicted octanol–water partition coefficient (Wildman–Crippen LogP) is 16.6. The predicted molar refractivity (Wildman–Crippen MR) is 293 cm³/mol. The first-order chi connectivity index (χ1) is 35.7. The molecule has 0 amide bonds. The Kier molecular flexibility index (Phi) is 8.98. The first-order valence-corrected chi connectivity index (χ1v) is 24.5. The van der Waals surface area contributed by atoms with Gasteiger partial charge < -0.3 is 8.98 Å². The zero-order valence-electron chi connectivity index (χ0n) is 38.9. The number of furan rings is 1. The Balaban J connectivity index is 0.870. The fourth-order valence-corrected chi connectivity index (χ4v) is 11.6. The highest BCUT2D eigenvalue weighted by molar-refractivity contribution is 6.16. The number of hydrogen-bond acceptors (Lipinski definition) is 5. The molecule has 15 rings (SSSR count). The lowest BCUT2D eigenvalue weighted by Crippen LogP contribution is -2.12. The molecule has 1 aliphatic carbocycles. The summed E-state index contributed by atoms with van der Waals surface area (Å²) in [5.74, 6) is 1.90. The third kappa shape index (κ3) is 6.36. The molecular formula is C66H41N5O. The van der Waals surface area contributed by atoms with Gasteiger partial charge in [0.15, 0.2) is 23.1 Å². The van der Waals surface area contributed by atoms with Crippen molar-refractivity contribution >= 4 is 65.3 Å². The van der Waals surface area contributed by atoms with Gasteiger partial charge in [0, 0.05) is 55.7 Å². The molecule has 10 aromatic carbocycles. The average Bonchev–Trinajstić information content (AvgIpc) is 4.00. The maximum Gasteiger partial charge on any atom is 0.166 e. The van der Waals surface area contributed by atoms with Gasteiger partial charge in [0.25, 0.3) is 0 Å². The van der Waals surface area contributed by atoms with Crippen molar-refractivity contribution < 1.29 is 4.42 Å². The molecule has 0 saturated heterocycles. The molecule has 0 spiro atoms. The van der Waals surface area contributed by atoms with Crippen LogP contribution in [0.4, 0.5) is 0 Å². The summed E-state index contributed by atoms with van der Waals surface area (Å²) in [6, 6.07) is 78.3. The quantitative estimate of drug-likeness (QED) is 0.155. The number of hydrogen-bond donors (Lipinski definition) is 0. The monoisotopic (exact) mass is 919 g/mol. The van der Waals surface area contributed by atoms with E-state index in [2.05, 4.69) is 193 Å². The van der Waals surface area contributed by atoms with Crippen LogP contribution in [0.5, 0.6) is 0 Å². The second-order valence-electron chi connectivity index (χ2n) is 18.9. The lowest BCUT2D eigenvalue weighted by Gasteiger charge is -2.28. The molecule has 1 atom stereocenters. The molecule has 4 heterocycles. The molecule has 6 nitrogen and oxygen atoms in total. The van der Waals surface area contributed by atoms with E-state index in [0.29, 0.717) is 23.1 Å². The van der Waals surface area contributed by atoms with Gasteiger partial charge >= 0.3 is 0 Å². The van der Waals surface area contributed by atoms with Crippen molar-refractivity contribution in [2.45, 2.75) is 12.3 Å². The molecule has 0 aliphatic heterocycles. The lowest BCUT2D eigenvalue weighted by molar-refractivity contribution is 0.667. The molecule has 4 aromatic heterocycles. The van der Waals surface area contributed by atoms with Crippen molar-refractivity contribution in [2.24, 2.45) is 0 Å². The van der Waals surface area contributed by atoms with Gasteiger partial charge in [-0.1, -0.05) is 176 Å². The highest BCUT2D eigenvalue weighted by Gasteiger charge is 2.27. The molecular weight excluding hydrogens is 879 g/mol. The van der Waals surface area contributed by atoms with E-state index >= 15 is 0 Å². The summed E-state index contributed by atoms with van der Waals surface area (Å²) in [6.45, 7) is 0. The minimum Gasteiger partial charge on any atom is -0.454 e. The Hall–Kier alpha value is -9.52. The molecule has 336 valence electrons. The number of nitrogens with zero attached hydrogens (tertiary/aromatic N) is 5. The molecule has 0 bridgehead atoms. The zero-order valence-corrected chi connectivity index (χ0v) is 38.9. The lowest BCUT2D eigenvalue weighted by atomic mass is 9.75. The summed E-state index contributed by atoms with van der Waals surface area (Å²) < 4.78 is 9.02. The number of pyridine rings is 1. The molecule has 1 unspecified atom stereocenters. The van der Waals surface area contributed by atoms with Crippen molar-refractivity contribution in [3.05, 3.63) is 247 Å². The van der Waals surface area contributed by atoms with Gasteiger partial charge in [-0.3, -0.25) is 4.98 Å². The van der Waals surface area contributed by atoms with E-state index in [1.807, 2.05) is 36.5 Å². The topological polar surface area (TPSA) is 69.6 Å². The first kappa shape index (κ1) is 40.4. The number of aromatic nitrogens is 5. The molecule has 0 N–H and O–H groups in total. The van der Waals surface area contributed by atoms with E-state index in [1.54, 1.807) is 6.20 Å². The minimum absolute atomic E-state index is 0.180. The zero-order chi connectivity index (χ0) is 47.3. The third-order valence-corrected chi connectivity index (χ3v) is 14.9. The molecule has 0 saturated carbocycles. The molecule has 14 aromatic rings. The van der Waals surface area contributed by atoms with Gasteiger partial charge in [-0.2, -0.15) is 0 Å².